The summed E-state index contributed by atoms with van der Waals surface area (Å²) in [6.45, 7) is 0.477. The Hall–Kier alpha value is -2.43. The maximum atomic E-state index is 12.5. The molecule has 0 bridgehead atoms. The van der Waals surface area contributed by atoms with Crippen molar-refractivity contribution in [3.8, 4) is 5.75 Å². The highest BCUT2D eigenvalue weighted by molar-refractivity contribution is 5.94. The van der Waals surface area contributed by atoms with Crippen LogP contribution in [0.3, 0.4) is 0 Å². The van der Waals surface area contributed by atoms with Gasteiger partial charge in [-0.25, -0.2) is 0 Å². The lowest BCUT2D eigenvalue weighted by Crippen LogP contribution is -2.30. The highest BCUT2D eigenvalue weighted by Gasteiger charge is 2.30. The number of nitrogen functional groups attached to an aromatic ring is 1. The molecule has 1 unspecified atom stereocenters. The van der Waals surface area contributed by atoms with Crippen LogP contribution in [0.5, 0.6) is 5.75 Å². The number of benzene rings is 1. The monoisotopic (exact) mass is 283 g/mol. The maximum Gasteiger partial charge on any atom is 0.268 e. The number of amides is 1. The SMILES string of the molecule is Nc1cc(C(=O)NC2COc3ccccc32)n(C2CC2)c1. The minimum absolute atomic E-state index is 0.0936. The summed E-state index contributed by atoms with van der Waals surface area (Å²) in [5, 5.41) is 3.05. The number of rotatable bonds is 3. The number of carbonyl (C=O) groups is 1. The second kappa shape index (κ2) is 4.55. The van der Waals surface area contributed by atoms with E-state index >= 15 is 0 Å². The van der Waals surface area contributed by atoms with Gasteiger partial charge in [0.1, 0.15) is 18.1 Å². The van der Waals surface area contributed by atoms with Gasteiger partial charge >= 0.3 is 0 Å². The first-order valence-electron chi connectivity index (χ1n) is 7.22. The lowest BCUT2D eigenvalue weighted by Gasteiger charge is -2.13. The Morgan fingerprint density at radius 2 is 2.14 bits per heavy atom. The van der Waals surface area contributed by atoms with Crippen LogP contribution < -0.4 is 15.8 Å². The lowest BCUT2D eigenvalue weighted by atomic mass is 10.1. The van der Waals surface area contributed by atoms with Crippen LogP contribution in [0.2, 0.25) is 0 Å². The number of carbonyl (C=O) groups excluding carboxylic acids is 1. The maximum absolute atomic E-state index is 12.5. The van der Waals surface area contributed by atoms with Crippen LogP contribution in [0.4, 0.5) is 5.69 Å². The molecule has 1 aliphatic heterocycles. The summed E-state index contributed by atoms with van der Waals surface area (Å²) in [4.78, 5) is 12.5. The molecule has 2 aliphatic rings. The van der Waals surface area contributed by atoms with E-state index in [-0.39, 0.29) is 11.9 Å². The van der Waals surface area contributed by atoms with Crippen LogP contribution in [0, 0.1) is 0 Å². The summed E-state index contributed by atoms with van der Waals surface area (Å²) >= 11 is 0. The molecule has 1 aromatic heterocycles. The first-order chi connectivity index (χ1) is 10.2. The highest BCUT2D eigenvalue weighted by Crippen LogP contribution is 2.37. The van der Waals surface area contributed by atoms with Gasteiger partial charge in [0, 0.05) is 17.8 Å². The van der Waals surface area contributed by atoms with Gasteiger partial charge in [-0.1, -0.05) is 18.2 Å². The van der Waals surface area contributed by atoms with E-state index < -0.39 is 0 Å². The minimum atomic E-state index is -0.0996. The molecule has 1 atom stereocenters. The number of nitrogens with zero attached hydrogens (tertiary/aromatic N) is 1. The topological polar surface area (TPSA) is 69.3 Å². The van der Waals surface area contributed by atoms with E-state index in [2.05, 4.69) is 5.32 Å². The van der Waals surface area contributed by atoms with Crippen LogP contribution in [0.25, 0.3) is 0 Å². The summed E-state index contributed by atoms with van der Waals surface area (Å²) in [6.07, 6.45) is 4.08. The Labute approximate surface area is 122 Å². The first-order valence-corrected chi connectivity index (χ1v) is 7.22. The Bertz CT molecular complexity index is 703. The zero-order valence-electron chi connectivity index (χ0n) is 11.6. The molecule has 0 saturated heterocycles. The standard InChI is InChI=1S/C16H17N3O2/c17-10-7-14(19(8-10)11-5-6-11)16(20)18-13-9-21-15-4-2-1-3-12(13)15/h1-4,7-8,11,13H,5-6,9,17H2,(H,18,20). The summed E-state index contributed by atoms with van der Waals surface area (Å²) in [6, 6.07) is 9.87. The predicted molar refractivity (Wildman–Crippen MR) is 79.3 cm³/mol. The highest BCUT2D eigenvalue weighted by atomic mass is 16.5. The molecule has 1 amide bonds. The largest absolute Gasteiger partial charge is 0.491 e. The van der Waals surface area contributed by atoms with E-state index in [1.807, 2.05) is 35.0 Å². The lowest BCUT2D eigenvalue weighted by molar-refractivity contribution is 0.0920. The number of anilines is 1. The molecular formula is C16H17N3O2. The van der Waals surface area contributed by atoms with Crippen molar-refractivity contribution in [2.75, 3.05) is 12.3 Å². The molecule has 3 N–H and O–H groups in total. The molecule has 1 aromatic carbocycles. The Morgan fingerprint density at radius 3 is 2.95 bits per heavy atom. The van der Waals surface area contributed by atoms with Gasteiger partial charge in [0.25, 0.3) is 5.91 Å². The molecule has 2 aromatic rings. The zero-order valence-corrected chi connectivity index (χ0v) is 11.6. The van der Waals surface area contributed by atoms with E-state index in [4.69, 9.17) is 10.5 Å². The van der Waals surface area contributed by atoms with E-state index in [9.17, 15) is 4.79 Å². The van der Waals surface area contributed by atoms with Crippen LogP contribution in [-0.4, -0.2) is 17.1 Å². The molecule has 1 fully saturated rings. The molecule has 0 radical (unpaired) electrons. The number of ether oxygens (including phenoxy) is 1. The van der Waals surface area contributed by atoms with Crippen molar-refractivity contribution in [1.29, 1.82) is 0 Å². The Kier molecular flexibility index (Phi) is 2.67. The van der Waals surface area contributed by atoms with Crippen molar-refractivity contribution >= 4 is 11.6 Å². The first kappa shape index (κ1) is 12.3. The fraction of sp³-hybridized carbons (Fsp3) is 0.312. The Balaban J connectivity index is 1.57. The second-order valence-corrected chi connectivity index (χ2v) is 5.67. The van der Waals surface area contributed by atoms with Crippen molar-refractivity contribution in [3.63, 3.8) is 0 Å². The smallest absolute Gasteiger partial charge is 0.268 e. The molecule has 1 aliphatic carbocycles. The number of nitrogens with two attached hydrogens (primary N) is 1. The van der Waals surface area contributed by atoms with E-state index in [0.717, 1.165) is 24.2 Å². The average Bonchev–Trinajstić information content (AvgIpc) is 3.15. The normalized spacial score (nSPS) is 19.9. The van der Waals surface area contributed by atoms with Crippen molar-refractivity contribution < 1.29 is 9.53 Å². The third-order valence-electron chi connectivity index (χ3n) is 4.05. The van der Waals surface area contributed by atoms with Crippen molar-refractivity contribution in [3.05, 3.63) is 47.8 Å². The van der Waals surface area contributed by atoms with E-state index in [1.165, 1.54) is 0 Å². The zero-order chi connectivity index (χ0) is 14.4. The molecule has 2 heterocycles. The van der Waals surface area contributed by atoms with Gasteiger partial charge in [-0.2, -0.15) is 0 Å². The third-order valence-corrected chi connectivity index (χ3v) is 4.05. The predicted octanol–water partition coefficient (Wildman–Crippen LogP) is 2.27. The molecule has 4 rings (SSSR count). The average molecular weight is 283 g/mol. The fourth-order valence-electron chi connectivity index (χ4n) is 2.85. The van der Waals surface area contributed by atoms with Gasteiger partial charge in [0.2, 0.25) is 0 Å². The number of fused-ring (bicyclic) bond motifs is 1. The molecule has 5 heteroatoms. The van der Waals surface area contributed by atoms with Crippen LogP contribution in [0.1, 0.15) is 41.0 Å². The van der Waals surface area contributed by atoms with Crippen molar-refractivity contribution in [1.82, 2.24) is 9.88 Å². The third kappa shape index (κ3) is 2.14. The number of hydrogen-bond donors (Lipinski definition) is 2. The number of aromatic nitrogens is 1. The van der Waals surface area contributed by atoms with Gasteiger partial charge < -0.3 is 20.4 Å². The van der Waals surface area contributed by atoms with Gasteiger partial charge in [0.15, 0.2) is 0 Å². The van der Waals surface area contributed by atoms with Gasteiger partial charge in [-0.3, -0.25) is 4.79 Å². The summed E-state index contributed by atoms with van der Waals surface area (Å²) in [5.74, 6) is 0.754. The molecule has 21 heavy (non-hydrogen) atoms. The summed E-state index contributed by atoms with van der Waals surface area (Å²) in [5.41, 5.74) is 8.15. The van der Waals surface area contributed by atoms with Gasteiger partial charge in [-0.05, 0) is 25.0 Å². The quantitative estimate of drug-likeness (QED) is 0.908. The van der Waals surface area contributed by atoms with Crippen LogP contribution in [0.15, 0.2) is 36.5 Å². The molecule has 0 spiro atoms. The molecule has 108 valence electrons. The number of nitrogens with one attached hydrogen (secondary N) is 1. The summed E-state index contributed by atoms with van der Waals surface area (Å²) in [7, 11) is 0. The second-order valence-electron chi connectivity index (χ2n) is 5.67. The number of hydrogen-bond acceptors (Lipinski definition) is 3. The Morgan fingerprint density at radius 1 is 1.33 bits per heavy atom. The van der Waals surface area contributed by atoms with Crippen LogP contribution >= 0.6 is 0 Å². The number of para-hydroxylation sites is 1. The van der Waals surface area contributed by atoms with Crippen molar-refractivity contribution in [2.45, 2.75) is 24.9 Å². The van der Waals surface area contributed by atoms with Gasteiger partial charge in [0.05, 0.1) is 11.7 Å². The fourth-order valence-corrected chi connectivity index (χ4v) is 2.85. The minimum Gasteiger partial charge on any atom is -0.491 e. The van der Waals surface area contributed by atoms with Gasteiger partial charge in [-0.15, -0.1) is 0 Å². The van der Waals surface area contributed by atoms with E-state index in [0.29, 0.717) is 24.0 Å². The summed E-state index contributed by atoms with van der Waals surface area (Å²) < 4.78 is 7.59. The molecule has 5 nitrogen and oxygen atoms in total. The molecular weight excluding hydrogens is 266 g/mol. The van der Waals surface area contributed by atoms with E-state index in [1.54, 1.807) is 6.07 Å². The molecule has 1 saturated carbocycles. The van der Waals surface area contributed by atoms with Crippen molar-refractivity contribution in [2.24, 2.45) is 0 Å². The van der Waals surface area contributed by atoms with Crippen LogP contribution in [-0.2, 0) is 0 Å².